The lowest BCUT2D eigenvalue weighted by Crippen LogP contribution is -2.30. The fraction of sp³-hybridized carbons (Fsp3) is 0.562. The molecule has 2 atom stereocenters. The summed E-state index contributed by atoms with van der Waals surface area (Å²) >= 11 is 3.43. The summed E-state index contributed by atoms with van der Waals surface area (Å²) in [5.41, 5.74) is 1.08. The van der Waals surface area contributed by atoms with Crippen LogP contribution in [0.15, 0.2) is 22.7 Å². The van der Waals surface area contributed by atoms with E-state index in [0.29, 0.717) is 25.9 Å². The molecule has 6 heteroatoms. The number of likely N-dealkylation sites (tertiary alicyclic amines) is 1. The first-order valence-corrected chi connectivity index (χ1v) is 8.04. The Morgan fingerprint density at radius 2 is 1.86 bits per heavy atom. The Labute approximate surface area is 139 Å². The summed E-state index contributed by atoms with van der Waals surface area (Å²) in [5, 5.41) is 0. The van der Waals surface area contributed by atoms with Gasteiger partial charge >= 0.3 is 0 Å². The quantitative estimate of drug-likeness (QED) is 0.769. The van der Waals surface area contributed by atoms with E-state index in [9.17, 15) is 4.79 Å². The van der Waals surface area contributed by atoms with Gasteiger partial charge in [-0.15, -0.1) is 0 Å². The summed E-state index contributed by atoms with van der Waals surface area (Å²) in [7, 11) is 4.94. The van der Waals surface area contributed by atoms with E-state index in [0.717, 1.165) is 15.8 Å². The van der Waals surface area contributed by atoms with E-state index < -0.39 is 0 Å². The second kappa shape index (κ2) is 7.94. The molecule has 0 bridgehead atoms. The molecule has 1 aromatic carbocycles. The average Bonchev–Trinajstić information content (AvgIpc) is 2.97. The summed E-state index contributed by atoms with van der Waals surface area (Å²) < 4.78 is 16.9. The van der Waals surface area contributed by atoms with Gasteiger partial charge in [-0.1, -0.05) is 6.07 Å². The van der Waals surface area contributed by atoms with E-state index in [4.69, 9.17) is 14.2 Å². The van der Waals surface area contributed by atoms with E-state index in [1.807, 2.05) is 23.1 Å². The highest BCUT2D eigenvalue weighted by Gasteiger charge is 2.35. The topological polar surface area (TPSA) is 48.0 Å². The molecule has 1 fully saturated rings. The number of carbonyl (C=O) groups is 1. The van der Waals surface area contributed by atoms with Gasteiger partial charge in [0.05, 0.1) is 11.6 Å². The Hall–Kier alpha value is -1.11. The lowest BCUT2D eigenvalue weighted by Gasteiger charge is -2.16. The summed E-state index contributed by atoms with van der Waals surface area (Å²) in [4.78, 5) is 14.2. The van der Waals surface area contributed by atoms with Crippen LogP contribution in [0.1, 0.15) is 12.0 Å². The highest BCUT2D eigenvalue weighted by molar-refractivity contribution is 9.10. The molecule has 1 aromatic rings. The Balaban J connectivity index is 1.90. The van der Waals surface area contributed by atoms with Gasteiger partial charge in [-0.05, 0) is 40.0 Å². The molecule has 0 N–H and O–H groups in total. The lowest BCUT2D eigenvalue weighted by atomic mass is 10.1. The largest absolute Gasteiger partial charge is 0.496 e. The first-order chi connectivity index (χ1) is 10.6. The van der Waals surface area contributed by atoms with Gasteiger partial charge in [-0.25, -0.2) is 0 Å². The summed E-state index contributed by atoms with van der Waals surface area (Å²) in [6, 6.07) is 5.90. The van der Waals surface area contributed by atoms with Gasteiger partial charge in [0, 0.05) is 33.7 Å². The maximum Gasteiger partial charge on any atom is 0.223 e. The smallest absolute Gasteiger partial charge is 0.223 e. The van der Waals surface area contributed by atoms with Crippen LogP contribution in [0.4, 0.5) is 0 Å². The monoisotopic (exact) mass is 371 g/mol. The van der Waals surface area contributed by atoms with Crippen molar-refractivity contribution in [3.63, 3.8) is 0 Å². The molecule has 0 aromatic heterocycles. The number of methoxy groups -OCH3 is 3. The lowest BCUT2D eigenvalue weighted by molar-refractivity contribution is -0.130. The SMILES string of the molecule is COc1cc(CCC(=O)N2C[C@H](OC)[C@H](OC)C2)ccc1Br. The number of rotatable bonds is 6. The van der Waals surface area contributed by atoms with Gasteiger partial charge in [0.1, 0.15) is 18.0 Å². The first-order valence-electron chi connectivity index (χ1n) is 7.24. The zero-order chi connectivity index (χ0) is 16.1. The van der Waals surface area contributed by atoms with Crippen LogP contribution < -0.4 is 4.74 Å². The molecular formula is C16H22BrNO4. The van der Waals surface area contributed by atoms with E-state index >= 15 is 0 Å². The number of benzene rings is 1. The van der Waals surface area contributed by atoms with Crippen molar-refractivity contribution in [2.45, 2.75) is 25.0 Å². The van der Waals surface area contributed by atoms with Crippen molar-refractivity contribution in [2.75, 3.05) is 34.4 Å². The minimum atomic E-state index is -0.0401. The Bertz CT molecular complexity index is 511. The molecule has 0 saturated carbocycles. The van der Waals surface area contributed by atoms with Crippen LogP contribution in [-0.2, 0) is 20.7 Å². The number of halogens is 1. The number of nitrogens with zero attached hydrogens (tertiary/aromatic N) is 1. The summed E-state index contributed by atoms with van der Waals surface area (Å²) in [6.45, 7) is 1.19. The van der Waals surface area contributed by atoms with Crippen molar-refractivity contribution in [1.82, 2.24) is 4.90 Å². The van der Waals surface area contributed by atoms with Crippen molar-refractivity contribution < 1.29 is 19.0 Å². The van der Waals surface area contributed by atoms with Crippen LogP contribution in [-0.4, -0.2) is 57.4 Å². The molecule has 1 amide bonds. The van der Waals surface area contributed by atoms with Crippen LogP contribution in [0.5, 0.6) is 5.75 Å². The minimum Gasteiger partial charge on any atom is -0.496 e. The molecule has 5 nitrogen and oxygen atoms in total. The second-order valence-corrected chi connectivity index (χ2v) is 6.17. The van der Waals surface area contributed by atoms with E-state index in [2.05, 4.69) is 15.9 Å². The Morgan fingerprint density at radius 3 is 2.41 bits per heavy atom. The van der Waals surface area contributed by atoms with E-state index in [1.54, 1.807) is 21.3 Å². The molecule has 1 saturated heterocycles. The van der Waals surface area contributed by atoms with Crippen molar-refractivity contribution >= 4 is 21.8 Å². The fourth-order valence-electron chi connectivity index (χ4n) is 2.67. The number of ether oxygens (including phenoxy) is 3. The fourth-order valence-corrected chi connectivity index (χ4v) is 3.08. The van der Waals surface area contributed by atoms with E-state index in [1.165, 1.54) is 0 Å². The molecule has 1 heterocycles. The average molecular weight is 372 g/mol. The third-order valence-corrected chi connectivity index (χ3v) is 4.67. The normalized spacial score (nSPS) is 21.2. The molecule has 2 rings (SSSR count). The van der Waals surface area contributed by atoms with Gasteiger partial charge in [-0.3, -0.25) is 4.79 Å². The van der Waals surface area contributed by atoms with Crippen molar-refractivity contribution in [3.05, 3.63) is 28.2 Å². The van der Waals surface area contributed by atoms with Crippen LogP contribution in [0, 0.1) is 0 Å². The van der Waals surface area contributed by atoms with Crippen molar-refractivity contribution in [3.8, 4) is 5.75 Å². The van der Waals surface area contributed by atoms with Gasteiger partial charge in [-0.2, -0.15) is 0 Å². The van der Waals surface area contributed by atoms with Gasteiger partial charge in [0.25, 0.3) is 0 Å². The van der Waals surface area contributed by atoms with Crippen LogP contribution in [0.25, 0.3) is 0 Å². The van der Waals surface area contributed by atoms with Gasteiger partial charge in [0.2, 0.25) is 5.91 Å². The zero-order valence-corrected chi connectivity index (χ0v) is 14.8. The predicted octanol–water partition coefficient (Wildman–Crippen LogP) is 2.26. The number of aryl methyl sites for hydroxylation is 1. The van der Waals surface area contributed by atoms with E-state index in [-0.39, 0.29) is 18.1 Å². The molecule has 0 radical (unpaired) electrons. The number of hydrogen-bond donors (Lipinski definition) is 0. The summed E-state index contributed by atoms with van der Waals surface area (Å²) in [5.74, 6) is 0.911. The van der Waals surface area contributed by atoms with Crippen LogP contribution >= 0.6 is 15.9 Å². The highest BCUT2D eigenvalue weighted by atomic mass is 79.9. The maximum atomic E-state index is 12.3. The third kappa shape index (κ3) is 4.00. The molecule has 1 aliphatic heterocycles. The highest BCUT2D eigenvalue weighted by Crippen LogP contribution is 2.26. The number of hydrogen-bond acceptors (Lipinski definition) is 4. The Morgan fingerprint density at radius 1 is 1.23 bits per heavy atom. The van der Waals surface area contributed by atoms with Crippen LogP contribution in [0.3, 0.4) is 0 Å². The number of amides is 1. The number of carbonyl (C=O) groups excluding carboxylic acids is 1. The van der Waals surface area contributed by atoms with Gasteiger partial charge < -0.3 is 19.1 Å². The summed E-state index contributed by atoms with van der Waals surface area (Å²) in [6.07, 6.45) is 1.08. The molecule has 0 spiro atoms. The molecule has 1 aliphatic rings. The first kappa shape index (κ1) is 17.2. The third-order valence-electron chi connectivity index (χ3n) is 4.02. The molecule has 22 heavy (non-hydrogen) atoms. The molecule has 0 unspecified atom stereocenters. The second-order valence-electron chi connectivity index (χ2n) is 5.32. The Kier molecular flexibility index (Phi) is 6.23. The molecule has 122 valence electrons. The van der Waals surface area contributed by atoms with Crippen molar-refractivity contribution in [1.29, 1.82) is 0 Å². The molecular weight excluding hydrogens is 350 g/mol. The molecule has 0 aliphatic carbocycles. The predicted molar refractivity (Wildman–Crippen MR) is 87.2 cm³/mol. The minimum absolute atomic E-state index is 0.0401. The maximum absolute atomic E-state index is 12.3. The zero-order valence-electron chi connectivity index (χ0n) is 13.2. The van der Waals surface area contributed by atoms with Gasteiger partial charge in [0.15, 0.2) is 0 Å². The van der Waals surface area contributed by atoms with Crippen molar-refractivity contribution in [2.24, 2.45) is 0 Å². The van der Waals surface area contributed by atoms with Crippen LogP contribution in [0.2, 0.25) is 0 Å². The standard InChI is InChI=1S/C16H22BrNO4/c1-20-13-8-11(4-6-12(13)17)5-7-16(19)18-9-14(21-2)15(10-18)22-3/h4,6,8,14-15H,5,7,9-10H2,1-3H3/t14-,15+.